The second kappa shape index (κ2) is 11.2. The predicted molar refractivity (Wildman–Crippen MR) is 147 cm³/mol. The van der Waals surface area contributed by atoms with E-state index in [0.29, 0.717) is 22.6 Å². The van der Waals surface area contributed by atoms with Gasteiger partial charge in [0.25, 0.3) is 5.91 Å². The third kappa shape index (κ3) is 6.68. The first-order chi connectivity index (χ1) is 17.7. The summed E-state index contributed by atoms with van der Waals surface area (Å²) in [5.41, 5.74) is 9.02. The van der Waals surface area contributed by atoms with Crippen molar-refractivity contribution in [3.8, 4) is 11.1 Å². The molecule has 3 aromatic rings. The van der Waals surface area contributed by atoms with Gasteiger partial charge in [-0.05, 0) is 62.8 Å². The normalized spacial score (nSPS) is 12.8. The van der Waals surface area contributed by atoms with Gasteiger partial charge in [0.05, 0.1) is 23.8 Å². The molecule has 1 aromatic carbocycles. The Balaban J connectivity index is 1.45. The lowest BCUT2D eigenvalue weighted by molar-refractivity contribution is -0.117. The molecule has 37 heavy (non-hydrogen) atoms. The summed E-state index contributed by atoms with van der Waals surface area (Å²) in [7, 11) is 5.99. The first-order valence-electron chi connectivity index (χ1n) is 12.1. The lowest BCUT2D eigenvalue weighted by atomic mass is 10.00. The number of amides is 2. The molecule has 0 aliphatic heterocycles. The zero-order valence-electron chi connectivity index (χ0n) is 21.3. The van der Waals surface area contributed by atoms with Crippen LogP contribution >= 0.6 is 0 Å². The Kier molecular flexibility index (Phi) is 7.78. The molecule has 1 fully saturated rings. The number of likely N-dealkylation sites (N-methyl/N-ethyl adjacent to an activating group) is 2. The molecule has 4 rings (SSSR count). The van der Waals surface area contributed by atoms with Crippen molar-refractivity contribution in [2.45, 2.75) is 12.8 Å². The lowest BCUT2D eigenvalue weighted by Gasteiger charge is -2.20. The SMILES string of the molecule is CN(C)CCN(C)c1ccc(NC(=O)C(=N)c2cc(-c3cncc(NC(=O)C4CC4)c3)ccc2N)cn1. The van der Waals surface area contributed by atoms with Gasteiger partial charge in [0.2, 0.25) is 5.91 Å². The molecule has 1 saturated carbocycles. The Labute approximate surface area is 216 Å². The van der Waals surface area contributed by atoms with E-state index in [2.05, 4.69) is 25.5 Å². The number of nitrogens with one attached hydrogen (secondary N) is 3. The largest absolute Gasteiger partial charge is 0.398 e. The number of anilines is 4. The van der Waals surface area contributed by atoms with Crippen LogP contribution in [0.2, 0.25) is 0 Å². The van der Waals surface area contributed by atoms with Crippen molar-refractivity contribution in [2.75, 3.05) is 55.5 Å². The van der Waals surface area contributed by atoms with Crippen LogP contribution in [0.1, 0.15) is 18.4 Å². The molecule has 5 N–H and O–H groups in total. The molecule has 1 aliphatic rings. The highest BCUT2D eigenvalue weighted by Gasteiger charge is 2.29. The molecular formula is C27H32N8O2. The van der Waals surface area contributed by atoms with Crippen LogP contribution in [0.5, 0.6) is 0 Å². The summed E-state index contributed by atoms with van der Waals surface area (Å²) in [6.45, 7) is 1.71. The number of carbonyl (C=O) groups excluding carboxylic acids is 2. The Morgan fingerprint density at radius 3 is 2.43 bits per heavy atom. The van der Waals surface area contributed by atoms with Crippen molar-refractivity contribution in [1.29, 1.82) is 5.41 Å². The standard InChI is InChI=1S/C27H32N8O2/c1-34(2)10-11-35(3)24-9-7-20(16-31-24)32-27(37)25(29)22-13-18(6-8-23(22)28)19-12-21(15-30-14-19)33-26(36)17-4-5-17/h6-9,12-17,29H,4-5,10-11,28H2,1-3H3,(H,32,37)(H,33,36). The highest BCUT2D eigenvalue weighted by Crippen LogP contribution is 2.31. The van der Waals surface area contributed by atoms with Crippen LogP contribution in [0.4, 0.5) is 22.9 Å². The Hall–Kier alpha value is -4.31. The maximum atomic E-state index is 12.9. The van der Waals surface area contributed by atoms with E-state index in [4.69, 9.17) is 11.1 Å². The summed E-state index contributed by atoms with van der Waals surface area (Å²) in [5.74, 6) is 0.276. The van der Waals surface area contributed by atoms with Gasteiger partial charge in [0, 0.05) is 49.1 Å². The number of carbonyl (C=O) groups is 2. The zero-order valence-corrected chi connectivity index (χ0v) is 21.3. The molecule has 0 radical (unpaired) electrons. The van der Waals surface area contributed by atoms with Gasteiger partial charge in [-0.25, -0.2) is 4.98 Å². The summed E-state index contributed by atoms with van der Waals surface area (Å²) < 4.78 is 0. The smallest absolute Gasteiger partial charge is 0.274 e. The maximum Gasteiger partial charge on any atom is 0.274 e. The summed E-state index contributed by atoms with van der Waals surface area (Å²) >= 11 is 0. The second-order valence-electron chi connectivity index (χ2n) is 9.49. The molecule has 1 aliphatic carbocycles. The number of pyridine rings is 2. The number of nitrogens with zero attached hydrogens (tertiary/aromatic N) is 4. The minimum Gasteiger partial charge on any atom is -0.398 e. The van der Waals surface area contributed by atoms with Gasteiger partial charge in [-0.3, -0.25) is 20.0 Å². The molecule has 0 unspecified atom stereocenters. The minimum absolute atomic E-state index is 0.00174. The van der Waals surface area contributed by atoms with Gasteiger partial charge in [-0.1, -0.05) is 6.07 Å². The molecule has 10 heteroatoms. The number of rotatable bonds is 10. The molecule has 192 valence electrons. The first kappa shape index (κ1) is 25.8. The van der Waals surface area contributed by atoms with E-state index >= 15 is 0 Å². The fourth-order valence-corrected chi connectivity index (χ4v) is 3.67. The Bertz CT molecular complexity index is 1300. The molecule has 0 saturated heterocycles. The van der Waals surface area contributed by atoms with Crippen molar-refractivity contribution < 1.29 is 9.59 Å². The quantitative estimate of drug-likeness (QED) is 0.248. The average molecular weight is 501 g/mol. The van der Waals surface area contributed by atoms with Crippen molar-refractivity contribution >= 4 is 40.4 Å². The van der Waals surface area contributed by atoms with E-state index in [9.17, 15) is 9.59 Å². The fourth-order valence-electron chi connectivity index (χ4n) is 3.67. The Morgan fingerprint density at radius 1 is 0.973 bits per heavy atom. The van der Waals surface area contributed by atoms with Crippen LogP contribution in [-0.4, -0.2) is 66.6 Å². The molecule has 10 nitrogen and oxygen atoms in total. The molecule has 0 spiro atoms. The van der Waals surface area contributed by atoms with E-state index in [-0.39, 0.29) is 17.5 Å². The highest BCUT2D eigenvalue weighted by atomic mass is 16.2. The van der Waals surface area contributed by atoms with Crippen molar-refractivity contribution in [3.05, 3.63) is 60.6 Å². The first-order valence-corrected chi connectivity index (χ1v) is 12.1. The maximum absolute atomic E-state index is 12.9. The number of aromatic nitrogens is 2. The van der Waals surface area contributed by atoms with E-state index in [1.165, 1.54) is 0 Å². The second-order valence-corrected chi connectivity index (χ2v) is 9.49. The monoisotopic (exact) mass is 500 g/mol. The topological polar surface area (TPSA) is 140 Å². The number of nitrogen functional groups attached to an aromatic ring is 1. The summed E-state index contributed by atoms with van der Waals surface area (Å²) in [4.78, 5) is 37.7. The molecular weight excluding hydrogens is 468 g/mol. The summed E-state index contributed by atoms with van der Waals surface area (Å²) in [6, 6.07) is 10.5. The van der Waals surface area contributed by atoms with E-state index < -0.39 is 5.91 Å². The van der Waals surface area contributed by atoms with Gasteiger partial charge in [-0.2, -0.15) is 0 Å². The van der Waals surface area contributed by atoms with Crippen LogP contribution in [-0.2, 0) is 9.59 Å². The van der Waals surface area contributed by atoms with E-state index in [0.717, 1.165) is 42.9 Å². The van der Waals surface area contributed by atoms with Crippen molar-refractivity contribution in [2.24, 2.45) is 5.92 Å². The number of hydrogen-bond acceptors (Lipinski definition) is 8. The molecule has 2 aromatic heterocycles. The number of nitrogens with two attached hydrogens (primary N) is 1. The fraction of sp³-hybridized carbons (Fsp3) is 0.296. The van der Waals surface area contributed by atoms with E-state index in [1.807, 2.05) is 38.2 Å². The van der Waals surface area contributed by atoms with Crippen molar-refractivity contribution in [3.63, 3.8) is 0 Å². The molecule has 2 heterocycles. The molecule has 0 bridgehead atoms. The van der Waals surface area contributed by atoms with Gasteiger partial charge in [0.1, 0.15) is 11.5 Å². The Morgan fingerprint density at radius 2 is 1.76 bits per heavy atom. The number of benzene rings is 1. The third-order valence-electron chi connectivity index (χ3n) is 6.12. The lowest BCUT2D eigenvalue weighted by Crippen LogP contribution is -2.29. The van der Waals surface area contributed by atoms with Gasteiger partial charge in [0.15, 0.2) is 0 Å². The zero-order chi connectivity index (χ0) is 26.5. The van der Waals surface area contributed by atoms with Crippen LogP contribution in [0.3, 0.4) is 0 Å². The third-order valence-corrected chi connectivity index (χ3v) is 6.12. The highest BCUT2D eigenvalue weighted by molar-refractivity contribution is 6.48. The van der Waals surface area contributed by atoms with Crippen LogP contribution in [0, 0.1) is 11.3 Å². The molecule has 0 atom stereocenters. The van der Waals surface area contributed by atoms with Crippen LogP contribution in [0.15, 0.2) is 55.0 Å². The van der Waals surface area contributed by atoms with Crippen molar-refractivity contribution in [1.82, 2.24) is 14.9 Å². The van der Waals surface area contributed by atoms with E-state index in [1.54, 1.807) is 42.9 Å². The number of hydrogen-bond donors (Lipinski definition) is 4. The van der Waals surface area contributed by atoms with Crippen LogP contribution < -0.4 is 21.3 Å². The van der Waals surface area contributed by atoms with Gasteiger partial charge < -0.3 is 26.2 Å². The minimum atomic E-state index is -0.595. The van der Waals surface area contributed by atoms with Gasteiger partial charge in [-0.15, -0.1) is 0 Å². The van der Waals surface area contributed by atoms with Crippen LogP contribution in [0.25, 0.3) is 11.1 Å². The molecule has 2 amide bonds. The average Bonchev–Trinajstić information content (AvgIpc) is 3.73. The van der Waals surface area contributed by atoms with Gasteiger partial charge >= 0.3 is 0 Å². The summed E-state index contributed by atoms with van der Waals surface area (Å²) in [6.07, 6.45) is 6.65. The predicted octanol–water partition coefficient (Wildman–Crippen LogP) is 3.08. The summed E-state index contributed by atoms with van der Waals surface area (Å²) in [5, 5.41) is 14.1.